The maximum absolute atomic E-state index is 12.2. The third-order valence-electron chi connectivity index (χ3n) is 5.69. The van der Waals surface area contributed by atoms with E-state index in [9.17, 15) is 4.79 Å². The third kappa shape index (κ3) is 4.81. The Morgan fingerprint density at radius 2 is 1.96 bits per heavy atom. The van der Waals surface area contributed by atoms with Gasteiger partial charge in [0.05, 0.1) is 10.2 Å². The van der Waals surface area contributed by atoms with Gasteiger partial charge < -0.3 is 10.2 Å². The summed E-state index contributed by atoms with van der Waals surface area (Å²) in [4.78, 5) is 21.9. The zero-order valence-electron chi connectivity index (χ0n) is 15.6. The summed E-state index contributed by atoms with van der Waals surface area (Å²) < 4.78 is 2.33. The number of thiazole rings is 1. The number of halogens is 1. The minimum Gasteiger partial charge on any atom is -0.355 e. The van der Waals surface area contributed by atoms with Gasteiger partial charge in [-0.3, -0.25) is 9.69 Å². The van der Waals surface area contributed by atoms with E-state index in [0.29, 0.717) is 0 Å². The molecule has 1 N–H and O–H groups in total. The lowest BCUT2D eigenvalue weighted by molar-refractivity contribution is -0.125. The molecule has 2 aromatic rings. The number of anilines is 1. The minimum absolute atomic E-state index is 0.259. The standard InChI is InChI=1S/C20H27BrN4OS/c21-16-6-7-17-18(14-16)27-20(23-17)25-12-10-24(11-13-25)9-8-22-19(26)15-4-2-1-3-5-15/h6-7,14-15H,1-5,8-13H2,(H,22,26). The highest BCUT2D eigenvalue weighted by Crippen LogP contribution is 2.31. The molecule has 0 atom stereocenters. The van der Waals surface area contributed by atoms with Crippen molar-refractivity contribution in [1.82, 2.24) is 15.2 Å². The van der Waals surface area contributed by atoms with Crippen LogP contribution in [0.15, 0.2) is 22.7 Å². The van der Waals surface area contributed by atoms with E-state index in [-0.39, 0.29) is 11.8 Å². The first kappa shape index (κ1) is 19.2. The predicted octanol–water partition coefficient (Wildman–Crippen LogP) is 3.88. The van der Waals surface area contributed by atoms with Crippen LogP contribution in [0, 0.1) is 5.92 Å². The number of nitrogens with zero attached hydrogens (tertiary/aromatic N) is 3. The Morgan fingerprint density at radius 3 is 2.74 bits per heavy atom. The molecule has 0 spiro atoms. The fourth-order valence-corrected chi connectivity index (χ4v) is 5.60. The van der Waals surface area contributed by atoms with E-state index in [0.717, 1.165) is 67.2 Å². The molecule has 0 bridgehead atoms. The van der Waals surface area contributed by atoms with Crippen molar-refractivity contribution in [2.45, 2.75) is 32.1 Å². The Balaban J connectivity index is 1.22. The second-order valence-corrected chi connectivity index (χ2v) is 9.49. The molecular formula is C20H27BrN4OS. The molecule has 0 radical (unpaired) electrons. The first-order chi connectivity index (χ1) is 13.2. The van der Waals surface area contributed by atoms with Crippen LogP contribution < -0.4 is 10.2 Å². The highest BCUT2D eigenvalue weighted by Gasteiger charge is 2.22. The highest BCUT2D eigenvalue weighted by atomic mass is 79.9. The number of amides is 1. The molecule has 1 amide bonds. The number of aromatic nitrogens is 1. The van der Waals surface area contributed by atoms with Crippen molar-refractivity contribution in [2.24, 2.45) is 5.92 Å². The number of fused-ring (bicyclic) bond motifs is 1. The van der Waals surface area contributed by atoms with Crippen molar-refractivity contribution in [3.05, 3.63) is 22.7 Å². The topological polar surface area (TPSA) is 48.5 Å². The monoisotopic (exact) mass is 450 g/mol. The second-order valence-electron chi connectivity index (χ2n) is 7.56. The number of carbonyl (C=O) groups excluding carboxylic acids is 1. The van der Waals surface area contributed by atoms with Crippen LogP contribution in [0.3, 0.4) is 0 Å². The third-order valence-corrected chi connectivity index (χ3v) is 7.26. The van der Waals surface area contributed by atoms with Gasteiger partial charge in [0.1, 0.15) is 0 Å². The Bertz CT molecular complexity index is 781. The molecule has 4 rings (SSSR count). The number of hydrogen-bond acceptors (Lipinski definition) is 5. The lowest BCUT2D eigenvalue weighted by Gasteiger charge is -2.34. The van der Waals surface area contributed by atoms with Crippen LogP contribution >= 0.6 is 27.3 Å². The van der Waals surface area contributed by atoms with Crippen molar-refractivity contribution in [2.75, 3.05) is 44.2 Å². The van der Waals surface area contributed by atoms with Crippen molar-refractivity contribution in [1.29, 1.82) is 0 Å². The average molecular weight is 451 g/mol. The number of piperazine rings is 1. The molecule has 5 nitrogen and oxygen atoms in total. The van der Waals surface area contributed by atoms with Crippen molar-refractivity contribution in [3.8, 4) is 0 Å². The molecule has 1 aliphatic carbocycles. The summed E-state index contributed by atoms with van der Waals surface area (Å²) >= 11 is 5.30. The molecule has 1 aromatic heterocycles. The molecule has 1 aliphatic heterocycles. The van der Waals surface area contributed by atoms with Crippen LogP contribution in [-0.2, 0) is 4.79 Å². The minimum atomic E-state index is 0.259. The van der Waals surface area contributed by atoms with Crippen LogP contribution in [0.2, 0.25) is 0 Å². The van der Waals surface area contributed by atoms with E-state index in [2.05, 4.69) is 43.2 Å². The molecule has 2 aliphatic rings. The molecule has 146 valence electrons. The summed E-state index contributed by atoms with van der Waals surface area (Å²) in [7, 11) is 0. The number of nitrogens with one attached hydrogen (secondary N) is 1. The number of rotatable bonds is 5. The van der Waals surface area contributed by atoms with Gasteiger partial charge in [0.25, 0.3) is 0 Å². The zero-order chi connectivity index (χ0) is 18.6. The smallest absolute Gasteiger partial charge is 0.223 e. The molecular weight excluding hydrogens is 424 g/mol. The fraction of sp³-hybridized carbons (Fsp3) is 0.600. The molecule has 0 unspecified atom stereocenters. The van der Waals surface area contributed by atoms with Crippen LogP contribution in [0.1, 0.15) is 32.1 Å². The first-order valence-corrected chi connectivity index (χ1v) is 11.6. The Morgan fingerprint density at radius 1 is 1.19 bits per heavy atom. The number of hydrogen-bond donors (Lipinski definition) is 1. The molecule has 1 saturated heterocycles. The summed E-state index contributed by atoms with van der Waals surface area (Å²) in [5.41, 5.74) is 1.08. The lowest BCUT2D eigenvalue weighted by atomic mass is 9.89. The van der Waals surface area contributed by atoms with Gasteiger partial charge in [-0.05, 0) is 31.0 Å². The van der Waals surface area contributed by atoms with Crippen LogP contribution in [-0.4, -0.2) is 55.1 Å². The maximum Gasteiger partial charge on any atom is 0.223 e. The van der Waals surface area contributed by atoms with E-state index >= 15 is 0 Å². The van der Waals surface area contributed by atoms with E-state index in [4.69, 9.17) is 4.98 Å². The van der Waals surface area contributed by atoms with Crippen molar-refractivity contribution in [3.63, 3.8) is 0 Å². The number of benzene rings is 1. The molecule has 27 heavy (non-hydrogen) atoms. The largest absolute Gasteiger partial charge is 0.355 e. The van der Waals surface area contributed by atoms with Gasteiger partial charge >= 0.3 is 0 Å². The first-order valence-electron chi connectivity index (χ1n) is 10.0. The summed E-state index contributed by atoms with van der Waals surface area (Å²) in [6, 6.07) is 6.26. The average Bonchev–Trinajstić information content (AvgIpc) is 3.12. The summed E-state index contributed by atoms with van der Waals surface area (Å²) in [6.45, 7) is 5.76. The van der Waals surface area contributed by atoms with Crippen LogP contribution in [0.4, 0.5) is 5.13 Å². The molecule has 1 saturated carbocycles. The van der Waals surface area contributed by atoms with Crippen molar-refractivity contribution < 1.29 is 4.79 Å². The van der Waals surface area contributed by atoms with E-state index in [1.807, 2.05) is 6.07 Å². The SMILES string of the molecule is O=C(NCCN1CCN(c2nc3ccc(Br)cc3s2)CC1)C1CCCCC1. The molecule has 1 aromatic carbocycles. The van der Waals surface area contributed by atoms with E-state index < -0.39 is 0 Å². The number of carbonyl (C=O) groups is 1. The van der Waals surface area contributed by atoms with E-state index in [1.165, 1.54) is 24.0 Å². The highest BCUT2D eigenvalue weighted by molar-refractivity contribution is 9.10. The van der Waals surface area contributed by atoms with Gasteiger partial charge in [0.15, 0.2) is 5.13 Å². The molecule has 2 fully saturated rings. The zero-order valence-corrected chi connectivity index (χ0v) is 18.0. The predicted molar refractivity (Wildman–Crippen MR) is 116 cm³/mol. The summed E-state index contributed by atoms with van der Waals surface area (Å²) in [6.07, 6.45) is 5.86. The van der Waals surface area contributed by atoms with Gasteiger partial charge in [0.2, 0.25) is 5.91 Å². The summed E-state index contributed by atoms with van der Waals surface area (Å²) in [5, 5.41) is 4.28. The Labute approximate surface area is 173 Å². The van der Waals surface area contributed by atoms with Gasteiger partial charge in [0, 0.05) is 49.7 Å². The van der Waals surface area contributed by atoms with Gasteiger partial charge in [-0.1, -0.05) is 46.5 Å². The Kier molecular flexibility index (Phi) is 6.30. The maximum atomic E-state index is 12.2. The fourth-order valence-electron chi connectivity index (χ4n) is 4.03. The second kappa shape index (κ2) is 8.88. The Hall–Kier alpha value is -1.18. The normalized spacial score (nSPS) is 19.5. The van der Waals surface area contributed by atoms with Gasteiger partial charge in [-0.2, -0.15) is 0 Å². The quantitative estimate of drug-likeness (QED) is 0.750. The van der Waals surface area contributed by atoms with Gasteiger partial charge in [-0.15, -0.1) is 0 Å². The van der Waals surface area contributed by atoms with E-state index in [1.54, 1.807) is 11.3 Å². The summed E-state index contributed by atoms with van der Waals surface area (Å²) in [5.74, 6) is 0.531. The lowest BCUT2D eigenvalue weighted by Crippen LogP contribution is -2.48. The van der Waals surface area contributed by atoms with Gasteiger partial charge in [-0.25, -0.2) is 4.98 Å². The van der Waals surface area contributed by atoms with Crippen LogP contribution in [0.5, 0.6) is 0 Å². The molecule has 2 heterocycles. The van der Waals surface area contributed by atoms with Crippen LogP contribution in [0.25, 0.3) is 10.2 Å². The van der Waals surface area contributed by atoms with Crippen molar-refractivity contribution >= 4 is 48.5 Å². The molecule has 7 heteroatoms.